The van der Waals surface area contributed by atoms with Gasteiger partial charge >= 0.3 is 0 Å². The van der Waals surface area contributed by atoms with Crippen molar-refractivity contribution in [3.63, 3.8) is 0 Å². The summed E-state index contributed by atoms with van der Waals surface area (Å²) in [5.41, 5.74) is 8.74. The van der Waals surface area contributed by atoms with Crippen molar-refractivity contribution in [2.75, 3.05) is 7.05 Å². The Morgan fingerprint density at radius 2 is 1.75 bits per heavy atom. The van der Waals surface area contributed by atoms with Crippen molar-refractivity contribution in [3.05, 3.63) is 57.2 Å². The Hall–Kier alpha value is -0.870. The van der Waals surface area contributed by atoms with Crippen LogP contribution in [0.15, 0.2) is 41.1 Å². The first-order chi connectivity index (χ1) is 9.50. The first kappa shape index (κ1) is 15.5. The fraction of sp³-hybridized carbons (Fsp3) is 0.375. The quantitative estimate of drug-likeness (QED) is 0.882. The van der Waals surface area contributed by atoms with Gasteiger partial charge in [0.15, 0.2) is 0 Å². The molecule has 108 valence electrons. The van der Waals surface area contributed by atoms with Crippen molar-refractivity contribution >= 4 is 22.9 Å². The van der Waals surface area contributed by atoms with Crippen LogP contribution in [0.4, 0.5) is 0 Å². The van der Waals surface area contributed by atoms with E-state index in [-0.39, 0.29) is 18.1 Å². The summed E-state index contributed by atoms with van der Waals surface area (Å²) in [5, 5.41) is 5.05. The first-order valence-corrected chi connectivity index (χ1v) is 8.08. The topological polar surface area (TPSA) is 29.3 Å². The summed E-state index contributed by atoms with van der Waals surface area (Å²) < 4.78 is 0. The Balaban J connectivity index is 2.23. The molecule has 1 aromatic carbocycles. The van der Waals surface area contributed by atoms with E-state index < -0.39 is 0 Å². The summed E-state index contributed by atoms with van der Waals surface area (Å²) in [7, 11) is 2.13. The molecule has 2 rings (SSSR count). The van der Waals surface area contributed by atoms with Gasteiger partial charge in [-0.15, -0.1) is 0 Å². The van der Waals surface area contributed by atoms with E-state index in [0.29, 0.717) is 0 Å². The van der Waals surface area contributed by atoms with E-state index in [2.05, 4.69) is 54.8 Å². The third kappa shape index (κ3) is 3.41. The highest BCUT2D eigenvalue weighted by molar-refractivity contribution is 7.07. The van der Waals surface area contributed by atoms with Crippen LogP contribution in [0, 0.1) is 0 Å². The average molecular weight is 309 g/mol. The molecule has 0 radical (unpaired) electrons. The third-order valence-corrected chi connectivity index (χ3v) is 4.74. The Labute approximate surface area is 130 Å². The number of halogens is 1. The second-order valence-electron chi connectivity index (χ2n) is 5.25. The normalized spacial score (nSPS) is 16.1. The Morgan fingerprint density at radius 1 is 1.10 bits per heavy atom. The van der Waals surface area contributed by atoms with Crippen LogP contribution in [0.2, 0.25) is 5.02 Å². The average Bonchev–Trinajstić information content (AvgIpc) is 2.92. The van der Waals surface area contributed by atoms with E-state index >= 15 is 0 Å². The molecule has 4 heteroatoms. The predicted molar refractivity (Wildman–Crippen MR) is 88.3 cm³/mol. The van der Waals surface area contributed by atoms with Crippen LogP contribution in [0.25, 0.3) is 0 Å². The van der Waals surface area contributed by atoms with Gasteiger partial charge in [0.1, 0.15) is 0 Å². The molecule has 0 spiro atoms. The van der Waals surface area contributed by atoms with Crippen molar-refractivity contribution in [2.24, 2.45) is 5.73 Å². The number of hydrogen-bond acceptors (Lipinski definition) is 3. The van der Waals surface area contributed by atoms with Gasteiger partial charge in [0.2, 0.25) is 0 Å². The monoisotopic (exact) mass is 308 g/mol. The second kappa shape index (κ2) is 6.72. The van der Waals surface area contributed by atoms with Crippen LogP contribution in [0.5, 0.6) is 0 Å². The molecule has 0 saturated carbocycles. The zero-order chi connectivity index (χ0) is 14.7. The van der Waals surface area contributed by atoms with Crippen molar-refractivity contribution in [1.29, 1.82) is 0 Å². The highest BCUT2D eigenvalue weighted by Gasteiger charge is 2.25. The van der Waals surface area contributed by atoms with Crippen molar-refractivity contribution in [3.8, 4) is 0 Å². The molecule has 0 aliphatic heterocycles. The number of likely N-dealkylation sites (N-methyl/N-ethyl adjacent to an activating group) is 1. The van der Waals surface area contributed by atoms with E-state index in [0.717, 1.165) is 5.02 Å². The summed E-state index contributed by atoms with van der Waals surface area (Å²) in [5.74, 6) is 0. The fourth-order valence-electron chi connectivity index (χ4n) is 2.57. The molecule has 0 saturated heterocycles. The van der Waals surface area contributed by atoms with E-state index in [4.69, 9.17) is 17.3 Å². The summed E-state index contributed by atoms with van der Waals surface area (Å²) in [4.78, 5) is 2.33. The molecule has 2 aromatic rings. The van der Waals surface area contributed by atoms with Gasteiger partial charge < -0.3 is 5.73 Å². The third-order valence-electron chi connectivity index (χ3n) is 3.78. The largest absolute Gasteiger partial charge is 0.326 e. The summed E-state index contributed by atoms with van der Waals surface area (Å²) in [6.45, 7) is 4.26. The van der Waals surface area contributed by atoms with Crippen LogP contribution in [0.3, 0.4) is 0 Å². The molecule has 0 aliphatic carbocycles. The molecular formula is C16H21ClN2S. The highest BCUT2D eigenvalue weighted by atomic mass is 35.5. The number of thiophene rings is 1. The number of nitrogens with zero attached hydrogens (tertiary/aromatic N) is 1. The number of nitrogens with two attached hydrogens (primary N) is 1. The van der Waals surface area contributed by atoms with Crippen LogP contribution in [-0.4, -0.2) is 18.0 Å². The van der Waals surface area contributed by atoms with E-state index in [9.17, 15) is 0 Å². The van der Waals surface area contributed by atoms with Gasteiger partial charge in [-0.3, -0.25) is 4.90 Å². The Kier molecular flexibility index (Phi) is 5.22. The maximum Gasteiger partial charge on any atom is 0.0507 e. The van der Waals surface area contributed by atoms with Gasteiger partial charge in [0, 0.05) is 17.1 Å². The minimum absolute atomic E-state index is 0.0735. The number of benzene rings is 1. The summed E-state index contributed by atoms with van der Waals surface area (Å²) in [6, 6.07) is 10.8. The smallest absolute Gasteiger partial charge is 0.0507 e. The van der Waals surface area contributed by atoms with Crippen molar-refractivity contribution in [1.82, 2.24) is 4.90 Å². The van der Waals surface area contributed by atoms with E-state index in [1.807, 2.05) is 12.1 Å². The molecule has 2 nitrogen and oxygen atoms in total. The van der Waals surface area contributed by atoms with E-state index in [1.54, 1.807) is 11.3 Å². The molecule has 20 heavy (non-hydrogen) atoms. The lowest BCUT2D eigenvalue weighted by molar-refractivity contribution is 0.166. The Morgan fingerprint density at radius 3 is 2.25 bits per heavy atom. The van der Waals surface area contributed by atoms with E-state index in [1.165, 1.54) is 11.1 Å². The SMILES string of the molecule is CC(N)C(c1ccsc1)N(C)C(C)c1ccc(Cl)cc1. The maximum atomic E-state index is 6.21. The standard InChI is InChI=1S/C16H21ClN2S/c1-11(18)16(14-8-9-20-10-14)19(3)12(2)13-4-6-15(17)7-5-13/h4-12,16H,18H2,1-3H3. The molecule has 3 unspecified atom stereocenters. The molecule has 3 atom stereocenters. The zero-order valence-electron chi connectivity index (χ0n) is 12.1. The highest BCUT2D eigenvalue weighted by Crippen LogP contribution is 2.32. The number of rotatable bonds is 5. The molecule has 2 N–H and O–H groups in total. The van der Waals surface area contributed by atoms with Crippen LogP contribution >= 0.6 is 22.9 Å². The van der Waals surface area contributed by atoms with Crippen molar-refractivity contribution in [2.45, 2.75) is 32.0 Å². The van der Waals surface area contributed by atoms with Gasteiger partial charge in [0.25, 0.3) is 0 Å². The molecule has 0 aliphatic rings. The Bertz CT molecular complexity index is 522. The molecule has 0 bridgehead atoms. The molecule has 0 amide bonds. The lowest BCUT2D eigenvalue weighted by Gasteiger charge is -2.35. The van der Waals surface area contributed by atoms with Gasteiger partial charge in [-0.25, -0.2) is 0 Å². The second-order valence-corrected chi connectivity index (χ2v) is 6.47. The first-order valence-electron chi connectivity index (χ1n) is 6.75. The lowest BCUT2D eigenvalue weighted by Crippen LogP contribution is -2.38. The molecule has 1 aromatic heterocycles. The van der Waals surface area contributed by atoms with Crippen LogP contribution in [-0.2, 0) is 0 Å². The molecular weight excluding hydrogens is 288 g/mol. The summed E-state index contributed by atoms with van der Waals surface area (Å²) >= 11 is 7.67. The van der Waals surface area contributed by atoms with Gasteiger partial charge in [0.05, 0.1) is 6.04 Å². The van der Waals surface area contributed by atoms with Gasteiger partial charge in [-0.05, 0) is 61.0 Å². The minimum atomic E-state index is 0.0735. The maximum absolute atomic E-state index is 6.21. The van der Waals surface area contributed by atoms with Crippen LogP contribution < -0.4 is 5.73 Å². The van der Waals surface area contributed by atoms with Gasteiger partial charge in [-0.2, -0.15) is 11.3 Å². The minimum Gasteiger partial charge on any atom is -0.326 e. The number of hydrogen-bond donors (Lipinski definition) is 1. The fourth-order valence-corrected chi connectivity index (χ4v) is 3.39. The van der Waals surface area contributed by atoms with Crippen molar-refractivity contribution < 1.29 is 0 Å². The molecule has 0 fully saturated rings. The zero-order valence-corrected chi connectivity index (χ0v) is 13.7. The van der Waals surface area contributed by atoms with Gasteiger partial charge in [-0.1, -0.05) is 23.7 Å². The summed E-state index contributed by atoms with van der Waals surface area (Å²) in [6.07, 6.45) is 0. The molecule has 1 heterocycles. The lowest BCUT2D eigenvalue weighted by atomic mass is 9.98. The van der Waals surface area contributed by atoms with Crippen LogP contribution in [0.1, 0.15) is 37.1 Å². The predicted octanol–water partition coefficient (Wildman–Crippen LogP) is 4.48.